The molecule has 18 heavy (non-hydrogen) atoms. The second kappa shape index (κ2) is 4.65. The number of benzene rings is 1. The molecule has 3 rings (SSSR count). The van der Waals surface area contributed by atoms with Crippen LogP contribution in [0.3, 0.4) is 0 Å². The third-order valence-electron chi connectivity index (χ3n) is 4.33. The number of nitrogens with one attached hydrogen (secondary N) is 1. The summed E-state index contributed by atoms with van der Waals surface area (Å²) in [5.74, 6) is 0. The first-order valence-corrected chi connectivity index (χ1v) is 6.88. The van der Waals surface area contributed by atoms with E-state index in [-0.39, 0.29) is 12.1 Å². The summed E-state index contributed by atoms with van der Waals surface area (Å²) < 4.78 is 5.68. The molecule has 1 aromatic carbocycles. The minimum Gasteiger partial charge on any atom is -0.388 e. The molecule has 2 aliphatic rings. The van der Waals surface area contributed by atoms with Crippen LogP contribution in [0.15, 0.2) is 24.3 Å². The lowest BCUT2D eigenvalue weighted by molar-refractivity contribution is -0.120. The van der Waals surface area contributed by atoms with Gasteiger partial charge in [-0.3, -0.25) is 0 Å². The number of aliphatic hydroxyl groups is 1. The van der Waals surface area contributed by atoms with Gasteiger partial charge in [0.1, 0.15) is 0 Å². The Morgan fingerprint density at radius 2 is 2.28 bits per heavy atom. The highest BCUT2D eigenvalue weighted by molar-refractivity contribution is 5.36. The Labute approximate surface area is 108 Å². The molecule has 0 amide bonds. The maximum atomic E-state index is 11.0. The number of ether oxygens (including phenoxy) is 1. The van der Waals surface area contributed by atoms with Crippen LogP contribution < -0.4 is 5.32 Å². The van der Waals surface area contributed by atoms with Crippen molar-refractivity contribution in [3.8, 4) is 0 Å². The summed E-state index contributed by atoms with van der Waals surface area (Å²) in [6.45, 7) is 3.64. The van der Waals surface area contributed by atoms with Crippen molar-refractivity contribution >= 4 is 0 Å². The van der Waals surface area contributed by atoms with E-state index in [1.165, 1.54) is 11.1 Å². The standard InChI is InChI=1S/C15H21NO2/c1-2-12-9-15(17,7-8-18-12)14-13-6-4-3-5-11(13)10-16-14/h3-6,12,14,16-17H,2,7-10H2,1H3. The van der Waals surface area contributed by atoms with Gasteiger partial charge >= 0.3 is 0 Å². The van der Waals surface area contributed by atoms with Crippen molar-refractivity contribution in [3.63, 3.8) is 0 Å². The van der Waals surface area contributed by atoms with Crippen LogP contribution in [0.1, 0.15) is 43.4 Å². The van der Waals surface area contributed by atoms with Crippen molar-refractivity contribution in [1.82, 2.24) is 5.32 Å². The summed E-state index contributed by atoms with van der Waals surface area (Å²) in [6, 6.07) is 8.45. The third-order valence-corrected chi connectivity index (χ3v) is 4.33. The fraction of sp³-hybridized carbons (Fsp3) is 0.600. The predicted molar refractivity (Wildman–Crippen MR) is 70.2 cm³/mol. The van der Waals surface area contributed by atoms with E-state index in [1.54, 1.807) is 0 Å². The summed E-state index contributed by atoms with van der Waals surface area (Å²) in [4.78, 5) is 0. The Kier molecular flexibility index (Phi) is 3.14. The lowest BCUT2D eigenvalue weighted by atomic mass is 9.80. The normalized spacial score (nSPS) is 35.4. The van der Waals surface area contributed by atoms with Crippen LogP contribution in [-0.2, 0) is 11.3 Å². The van der Waals surface area contributed by atoms with Crippen LogP contribution in [0.4, 0.5) is 0 Å². The highest BCUT2D eigenvalue weighted by atomic mass is 16.5. The Balaban J connectivity index is 1.87. The van der Waals surface area contributed by atoms with Gasteiger partial charge in [-0.2, -0.15) is 0 Å². The van der Waals surface area contributed by atoms with Crippen LogP contribution in [0.5, 0.6) is 0 Å². The Morgan fingerprint density at radius 3 is 3.11 bits per heavy atom. The molecule has 0 radical (unpaired) electrons. The first kappa shape index (κ1) is 12.2. The van der Waals surface area contributed by atoms with E-state index in [2.05, 4.69) is 36.5 Å². The van der Waals surface area contributed by atoms with Crippen molar-refractivity contribution in [2.24, 2.45) is 0 Å². The highest BCUT2D eigenvalue weighted by Gasteiger charge is 2.44. The van der Waals surface area contributed by atoms with Crippen molar-refractivity contribution < 1.29 is 9.84 Å². The molecule has 1 aromatic rings. The van der Waals surface area contributed by atoms with Crippen LogP contribution in [0.25, 0.3) is 0 Å². The van der Waals surface area contributed by atoms with Crippen molar-refractivity contribution in [2.75, 3.05) is 6.61 Å². The molecule has 2 heterocycles. The summed E-state index contributed by atoms with van der Waals surface area (Å²) in [7, 11) is 0. The first-order chi connectivity index (χ1) is 8.73. The SMILES string of the molecule is CCC1CC(O)(C2NCc3ccccc32)CCO1. The molecule has 3 atom stereocenters. The Morgan fingerprint density at radius 1 is 1.44 bits per heavy atom. The van der Waals surface area contributed by atoms with Gasteiger partial charge in [0.25, 0.3) is 0 Å². The van der Waals surface area contributed by atoms with Gasteiger partial charge in [0.05, 0.1) is 17.7 Å². The fourth-order valence-corrected chi connectivity index (χ4v) is 3.26. The zero-order valence-electron chi connectivity index (χ0n) is 10.9. The molecule has 3 unspecified atom stereocenters. The molecule has 0 spiro atoms. The molecule has 98 valence electrons. The number of hydrogen-bond acceptors (Lipinski definition) is 3. The molecule has 2 N–H and O–H groups in total. The van der Waals surface area contributed by atoms with E-state index < -0.39 is 5.60 Å². The smallest absolute Gasteiger partial charge is 0.0888 e. The minimum atomic E-state index is -0.661. The van der Waals surface area contributed by atoms with Gasteiger partial charge in [-0.25, -0.2) is 0 Å². The largest absolute Gasteiger partial charge is 0.388 e. The van der Waals surface area contributed by atoms with Crippen molar-refractivity contribution in [2.45, 2.75) is 50.5 Å². The van der Waals surface area contributed by atoms with Gasteiger partial charge in [0, 0.05) is 26.0 Å². The number of hydrogen-bond donors (Lipinski definition) is 2. The van der Waals surface area contributed by atoms with E-state index in [9.17, 15) is 5.11 Å². The van der Waals surface area contributed by atoms with Crippen LogP contribution in [0.2, 0.25) is 0 Å². The molecule has 0 saturated carbocycles. The highest BCUT2D eigenvalue weighted by Crippen LogP contribution is 2.41. The van der Waals surface area contributed by atoms with Gasteiger partial charge in [-0.15, -0.1) is 0 Å². The Hall–Kier alpha value is -0.900. The van der Waals surface area contributed by atoms with Crippen molar-refractivity contribution in [1.29, 1.82) is 0 Å². The summed E-state index contributed by atoms with van der Waals surface area (Å²) in [5, 5.41) is 14.4. The maximum absolute atomic E-state index is 11.0. The van der Waals surface area contributed by atoms with Crippen molar-refractivity contribution in [3.05, 3.63) is 35.4 Å². The average Bonchev–Trinajstić information content (AvgIpc) is 2.83. The molecule has 1 fully saturated rings. The molecule has 0 aromatic heterocycles. The lowest BCUT2D eigenvalue weighted by Crippen LogP contribution is -2.48. The molecule has 3 heteroatoms. The third kappa shape index (κ3) is 1.96. The topological polar surface area (TPSA) is 41.5 Å². The Bertz CT molecular complexity index is 434. The number of fused-ring (bicyclic) bond motifs is 1. The van der Waals surface area contributed by atoms with Crippen LogP contribution in [-0.4, -0.2) is 23.4 Å². The molecular formula is C15H21NO2. The number of rotatable bonds is 2. The van der Waals surface area contributed by atoms with Crippen LogP contribution in [0, 0.1) is 0 Å². The fourth-order valence-electron chi connectivity index (χ4n) is 3.26. The van der Waals surface area contributed by atoms with E-state index in [0.717, 1.165) is 25.8 Å². The molecule has 1 saturated heterocycles. The monoisotopic (exact) mass is 247 g/mol. The van der Waals surface area contributed by atoms with E-state index in [1.807, 2.05) is 0 Å². The summed E-state index contributed by atoms with van der Waals surface area (Å²) >= 11 is 0. The zero-order chi connectivity index (χ0) is 12.6. The second-order valence-corrected chi connectivity index (χ2v) is 5.47. The predicted octanol–water partition coefficient (Wildman–Crippen LogP) is 2.15. The van der Waals surface area contributed by atoms with Gasteiger partial charge in [-0.05, 0) is 17.5 Å². The summed E-state index contributed by atoms with van der Waals surface area (Å²) in [5.41, 5.74) is 1.91. The zero-order valence-corrected chi connectivity index (χ0v) is 10.9. The second-order valence-electron chi connectivity index (χ2n) is 5.47. The molecular weight excluding hydrogens is 226 g/mol. The van der Waals surface area contributed by atoms with Gasteiger partial charge in [0.15, 0.2) is 0 Å². The van der Waals surface area contributed by atoms with E-state index in [0.29, 0.717) is 6.61 Å². The summed E-state index contributed by atoms with van der Waals surface area (Å²) in [6.07, 6.45) is 2.61. The molecule has 0 bridgehead atoms. The van der Waals surface area contributed by atoms with E-state index in [4.69, 9.17) is 4.74 Å². The molecule has 0 aliphatic carbocycles. The lowest BCUT2D eigenvalue weighted by Gasteiger charge is -2.41. The first-order valence-electron chi connectivity index (χ1n) is 6.88. The maximum Gasteiger partial charge on any atom is 0.0888 e. The van der Waals surface area contributed by atoms with Gasteiger partial charge in [-0.1, -0.05) is 31.2 Å². The molecule has 2 aliphatic heterocycles. The van der Waals surface area contributed by atoms with Gasteiger partial charge < -0.3 is 15.2 Å². The quantitative estimate of drug-likeness (QED) is 0.841. The molecule has 3 nitrogen and oxygen atoms in total. The van der Waals surface area contributed by atoms with E-state index >= 15 is 0 Å². The van der Waals surface area contributed by atoms with Crippen LogP contribution >= 0.6 is 0 Å². The average molecular weight is 247 g/mol. The van der Waals surface area contributed by atoms with Gasteiger partial charge in [0.2, 0.25) is 0 Å². The minimum absolute atomic E-state index is 0.0617.